The van der Waals surface area contributed by atoms with Crippen LogP contribution in [0.4, 0.5) is 0 Å². The Morgan fingerprint density at radius 3 is 2.83 bits per heavy atom. The van der Waals surface area contributed by atoms with Crippen molar-refractivity contribution in [3.8, 4) is 0 Å². The first-order valence-electron chi connectivity index (χ1n) is 5.20. The SMILES string of the molecule is O[C@H]1C[C@H]2C3O[C@H]4CC[C@@H]([C@@H]31)[C@H]42. The topological polar surface area (TPSA) is 29.5 Å². The maximum absolute atomic E-state index is 9.78. The quantitative estimate of drug-likeness (QED) is 0.576. The van der Waals surface area contributed by atoms with Crippen molar-refractivity contribution in [2.24, 2.45) is 23.7 Å². The molecule has 0 spiro atoms. The molecule has 1 N–H and O–H groups in total. The largest absolute Gasteiger partial charge is 0.393 e. The Morgan fingerprint density at radius 1 is 1.08 bits per heavy atom. The first-order valence-corrected chi connectivity index (χ1v) is 5.20. The van der Waals surface area contributed by atoms with E-state index in [4.69, 9.17) is 4.74 Å². The Morgan fingerprint density at radius 2 is 2.00 bits per heavy atom. The van der Waals surface area contributed by atoms with Crippen molar-refractivity contribution in [3.05, 3.63) is 0 Å². The van der Waals surface area contributed by atoms with Crippen molar-refractivity contribution in [1.82, 2.24) is 0 Å². The molecule has 2 heteroatoms. The summed E-state index contributed by atoms with van der Waals surface area (Å²) in [6.07, 6.45) is 4.65. The molecule has 0 aromatic rings. The Hall–Kier alpha value is -0.0800. The van der Waals surface area contributed by atoms with Crippen molar-refractivity contribution >= 4 is 0 Å². The van der Waals surface area contributed by atoms with Crippen LogP contribution in [0.15, 0.2) is 0 Å². The monoisotopic (exact) mass is 166 g/mol. The molecule has 3 saturated carbocycles. The van der Waals surface area contributed by atoms with E-state index in [0.29, 0.717) is 18.1 Å². The van der Waals surface area contributed by atoms with Gasteiger partial charge in [0.2, 0.25) is 0 Å². The number of fused-ring (bicyclic) bond motifs is 1. The van der Waals surface area contributed by atoms with Gasteiger partial charge in [-0.1, -0.05) is 0 Å². The van der Waals surface area contributed by atoms with E-state index in [2.05, 4.69) is 0 Å². The third-order valence-electron chi connectivity index (χ3n) is 4.79. The van der Waals surface area contributed by atoms with Crippen LogP contribution in [-0.4, -0.2) is 23.4 Å². The lowest BCUT2D eigenvalue weighted by atomic mass is 9.79. The van der Waals surface area contributed by atoms with Crippen molar-refractivity contribution in [2.45, 2.75) is 37.6 Å². The van der Waals surface area contributed by atoms with Crippen LogP contribution in [0.3, 0.4) is 0 Å². The fourth-order valence-corrected chi connectivity index (χ4v) is 4.59. The van der Waals surface area contributed by atoms with Crippen LogP contribution in [-0.2, 0) is 4.74 Å². The minimum Gasteiger partial charge on any atom is -0.393 e. The number of ether oxygens (including phenoxy) is 1. The molecule has 4 rings (SSSR count). The molecule has 0 amide bonds. The minimum atomic E-state index is -0.0275. The molecular weight excluding hydrogens is 152 g/mol. The zero-order valence-corrected chi connectivity index (χ0v) is 7.02. The second-order valence-electron chi connectivity index (χ2n) is 5.00. The highest BCUT2D eigenvalue weighted by atomic mass is 16.5. The minimum absolute atomic E-state index is 0.0275. The summed E-state index contributed by atoms with van der Waals surface area (Å²) in [5.41, 5.74) is 0. The van der Waals surface area contributed by atoms with Crippen LogP contribution in [0, 0.1) is 23.7 Å². The molecule has 1 heterocycles. The second-order valence-corrected chi connectivity index (χ2v) is 5.00. The molecule has 0 radical (unpaired) electrons. The molecule has 7 atom stereocenters. The van der Waals surface area contributed by atoms with Gasteiger partial charge in [0, 0.05) is 5.92 Å². The molecule has 12 heavy (non-hydrogen) atoms. The fourth-order valence-electron chi connectivity index (χ4n) is 4.59. The van der Waals surface area contributed by atoms with Gasteiger partial charge < -0.3 is 9.84 Å². The normalized spacial score (nSPS) is 71.2. The average Bonchev–Trinajstić information content (AvgIpc) is 2.65. The van der Waals surface area contributed by atoms with Crippen molar-refractivity contribution in [1.29, 1.82) is 0 Å². The Bertz CT molecular complexity index is 236. The van der Waals surface area contributed by atoms with Crippen LogP contribution in [0.1, 0.15) is 19.3 Å². The summed E-state index contributed by atoms with van der Waals surface area (Å²) in [7, 11) is 0. The molecule has 1 aliphatic heterocycles. The van der Waals surface area contributed by atoms with Gasteiger partial charge >= 0.3 is 0 Å². The molecule has 0 aromatic carbocycles. The van der Waals surface area contributed by atoms with E-state index >= 15 is 0 Å². The first-order chi connectivity index (χ1) is 5.86. The average molecular weight is 166 g/mol. The molecule has 4 aliphatic rings. The lowest BCUT2D eigenvalue weighted by Gasteiger charge is -2.32. The van der Waals surface area contributed by atoms with Gasteiger partial charge in [-0.3, -0.25) is 0 Å². The van der Waals surface area contributed by atoms with Gasteiger partial charge in [-0.25, -0.2) is 0 Å². The third kappa shape index (κ3) is 0.471. The summed E-state index contributed by atoms with van der Waals surface area (Å²) in [6, 6.07) is 0. The molecule has 0 aromatic heterocycles. The van der Waals surface area contributed by atoms with E-state index < -0.39 is 0 Å². The van der Waals surface area contributed by atoms with Gasteiger partial charge in [-0.2, -0.15) is 0 Å². The zero-order valence-electron chi connectivity index (χ0n) is 7.02. The van der Waals surface area contributed by atoms with Crippen LogP contribution < -0.4 is 0 Å². The Balaban J connectivity index is 1.85. The standard InChI is InChI=1S/C10H14O2/c11-6-3-5-8-4-1-2-7(8)12-10(5)9(4)6/h4-11H,1-3H2/t4-,5-,6+,7+,8+,9-,10?/m1/s1. The van der Waals surface area contributed by atoms with Crippen LogP contribution in [0.5, 0.6) is 0 Å². The van der Waals surface area contributed by atoms with Gasteiger partial charge in [-0.15, -0.1) is 0 Å². The molecule has 4 bridgehead atoms. The molecule has 4 fully saturated rings. The summed E-state index contributed by atoms with van der Waals surface area (Å²) >= 11 is 0. The lowest BCUT2D eigenvalue weighted by Crippen LogP contribution is -2.36. The lowest BCUT2D eigenvalue weighted by molar-refractivity contribution is -0.0571. The highest BCUT2D eigenvalue weighted by molar-refractivity contribution is 5.16. The number of hydrogen-bond donors (Lipinski definition) is 1. The summed E-state index contributed by atoms with van der Waals surface area (Å²) in [5, 5.41) is 9.78. The summed E-state index contributed by atoms with van der Waals surface area (Å²) in [5.74, 6) is 2.95. The third-order valence-corrected chi connectivity index (χ3v) is 4.79. The molecule has 1 saturated heterocycles. The van der Waals surface area contributed by atoms with E-state index in [-0.39, 0.29) is 6.10 Å². The van der Waals surface area contributed by atoms with Gasteiger partial charge in [0.25, 0.3) is 0 Å². The molecule has 1 unspecified atom stereocenters. The second kappa shape index (κ2) is 1.73. The fraction of sp³-hybridized carbons (Fsp3) is 1.00. The van der Waals surface area contributed by atoms with Crippen LogP contribution >= 0.6 is 0 Å². The predicted molar refractivity (Wildman–Crippen MR) is 42.5 cm³/mol. The van der Waals surface area contributed by atoms with E-state index in [9.17, 15) is 5.11 Å². The van der Waals surface area contributed by atoms with E-state index in [0.717, 1.165) is 24.2 Å². The molecule has 3 aliphatic carbocycles. The van der Waals surface area contributed by atoms with E-state index in [1.807, 2.05) is 0 Å². The smallest absolute Gasteiger partial charge is 0.0667 e. The molecule has 66 valence electrons. The maximum Gasteiger partial charge on any atom is 0.0667 e. The Labute approximate surface area is 71.9 Å². The number of aliphatic hydroxyl groups excluding tert-OH is 1. The van der Waals surface area contributed by atoms with Crippen LogP contribution in [0.25, 0.3) is 0 Å². The predicted octanol–water partition coefficient (Wildman–Crippen LogP) is 0.791. The molecule has 2 nitrogen and oxygen atoms in total. The summed E-state index contributed by atoms with van der Waals surface area (Å²) < 4.78 is 5.95. The first kappa shape index (κ1) is 6.39. The number of hydrogen-bond acceptors (Lipinski definition) is 2. The van der Waals surface area contributed by atoms with Gasteiger partial charge in [0.1, 0.15) is 0 Å². The number of aliphatic hydroxyl groups is 1. The maximum atomic E-state index is 9.78. The van der Waals surface area contributed by atoms with Gasteiger partial charge in [-0.05, 0) is 37.0 Å². The van der Waals surface area contributed by atoms with Crippen LogP contribution in [0.2, 0.25) is 0 Å². The van der Waals surface area contributed by atoms with Crippen molar-refractivity contribution in [3.63, 3.8) is 0 Å². The molecular formula is C10H14O2. The Kier molecular flexibility index (Phi) is 0.921. The van der Waals surface area contributed by atoms with Crippen molar-refractivity contribution < 1.29 is 9.84 Å². The number of rotatable bonds is 0. The van der Waals surface area contributed by atoms with Crippen molar-refractivity contribution in [2.75, 3.05) is 0 Å². The summed E-state index contributed by atoms with van der Waals surface area (Å²) in [4.78, 5) is 0. The van der Waals surface area contributed by atoms with E-state index in [1.165, 1.54) is 12.8 Å². The zero-order chi connectivity index (χ0) is 7.87. The highest BCUT2D eigenvalue weighted by Crippen LogP contribution is 2.65. The van der Waals surface area contributed by atoms with Gasteiger partial charge in [0.05, 0.1) is 18.3 Å². The highest BCUT2D eigenvalue weighted by Gasteiger charge is 2.68. The summed E-state index contributed by atoms with van der Waals surface area (Å²) in [6.45, 7) is 0. The van der Waals surface area contributed by atoms with Gasteiger partial charge in [0.15, 0.2) is 0 Å². The van der Waals surface area contributed by atoms with E-state index in [1.54, 1.807) is 0 Å².